The Hall–Kier alpha value is -3.53. The van der Waals surface area contributed by atoms with Gasteiger partial charge in [0.2, 0.25) is 0 Å². The topological polar surface area (TPSA) is 119 Å². The van der Waals surface area contributed by atoms with Crippen molar-refractivity contribution in [3.8, 4) is 5.75 Å². The Balaban J connectivity index is 1.69. The average Bonchev–Trinajstić information content (AvgIpc) is 2.99. The molecule has 0 unspecified atom stereocenters. The Labute approximate surface area is 173 Å². The number of carbonyl (C=O) groups excluding carboxylic acids is 1. The predicted octanol–water partition coefficient (Wildman–Crippen LogP) is 2.86. The van der Waals surface area contributed by atoms with E-state index in [1.807, 2.05) is 24.3 Å². The third kappa shape index (κ3) is 5.09. The number of carbonyl (C=O) groups is 1. The third-order valence-electron chi connectivity index (χ3n) is 5.01. The standard InChI is InChI=1S/C20H22N4O6/c1-30-19-5-3-15(4-6-19)14-21-7-2-8-22(10-9-21)20(25)16-11-17(23(26)27)13-18(12-16)24(28)29/h3-6,11-13H,2,7-10,14H2,1H3. The summed E-state index contributed by atoms with van der Waals surface area (Å²) < 4.78 is 5.17. The lowest BCUT2D eigenvalue weighted by Gasteiger charge is -2.22. The van der Waals surface area contributed by atoms with Gasteiger partial charge in [0, 0.05) is 44.9 Å². The second-order valence-corrected chi connectivity index (χ2v) is 7.02. The Bertz CT molecular complexity index is 915. The van der Waals surface area contributed by atoms with Crippen molar-refractivity contribution in [2.45, 2.75) is 13.0 Å². The van der Waals surface area contributed by atoms with E-state index in [2.05, 4.69) is 4.90 Å². The highest BCUT2D eigenvalue weighted by Gasteiger charge is 2.25. The fourth-order valence-electron chi connectivity index (χ4n) is 3.43. The van der Waals surface area contributed by atoms with Gasteiger partial charge in [-0.2, -0.15) is 0 Å². The van der Waals surface area contributed by atoms with Crippen LogP contribution in [-0.2, 0) is 6.54 Å². The first-order valence-electron chi connectivity index (χ1n) is 9.46. The molecule has 3 rings (SSSR count). The van der Waals surface area contributed by atoms with E-state index in [1.54, 1.807) is 12.0 Å². The summed E-state index contributed by atoms with van der Waals surface area (Å²) in [5.41, 5.74) is 0.149. The molecule has 158 valence electrons. The zero-order chi connectivity index (χ0) is 21.7. The van der Waals surface area contributed by atoms with Gasteiger partial charge >= 0.3 is 0 Å². The number of nitro benzene ring substituents is 2. The number of benzene rings is 2. The Morgan fingerprint density at radius 3 is 2.17 bits per heavy atom. The maximum absolute atomic E-state index is 12.9. The van der Waals surface area contributed by atoms with Crippen molar-refractivity contribution >= 4 is 17.3 Å². The van der Waals surface area contributed by atoms with Crippen molar-refractivity contribution < 1.29 is 19.4 Å². The zero-order valence-corrected chi connectivity index (χ0v) is 16.5. The Morgan fingerprint density at radius 2 is 1.60 bits per heavy atom. The number of ether oxygens (including phenoxy) is 1. The normalized spacial score (nSPS) is 14.8. The van der Waals surface area contributed by atoms with Gasteiger partial charge in [-0.25, -0.2) is 0 Å². The summed E-state index contributed by atoms with van der Waals surface area (Å²) in [7, 11) is 1.62. The van der Waals surface area contributed by atoms with Crippen LogP contribution in [0.3, 0.4) is 0 Å². The average molecular weight is 414 g/mol. The van der Waals surface area contributed by atoms with Crippen LogP contribution in [0.25, 0.3) is 0 Å². The summed E-state index contributed by atoms with van der Waals surface area (Å²) in [4.78, 5) is 37.4. The van der Waals surface area contributed by atoms with Crippen LogP contribution in [0.5, 0.6) is 5.75 Å². The highest BCUT2D eigenvalue weighted by molar-refractivity contribution is 5.95. The van der Waals surface area contributed by atoms with Crippen LogP contribution >= 0.6 is 0 Å². The second-order valence-electron chi connectivity index (χ2n) is 7.02. The first-order chi connectivity index (χ1) is 14.4. The van der Waals surface area contributed by atoms with Crippen LogP contribution in [0.15, 0.2) is 42.5 Å². The summed E-state index contributed by atoms with van der Waals surface area (Å²) >= 11 is 0. The molecule has 30 heavy (non-hydrogen) atoms. The molecule has 0 saturated carbocycles. The molecule has 1 saturated heterocycles. The number of methoxy groups -OCH3 is 1. The first kappa shape index (κ1) is 21.2. The minimum atomic E-state index is -0.733. The SMILES string of the molecule is COc1ccc(CN2CCCN(C(=O)c3cc([N+](=O)[O-])cc([N+](=O)[O-])c3)CC2)cc1. The van der Waals surface area contributed by atoms with Gasteiger partial charge in [-0.1, -0.05) is 12.1 Å². The van der Waals surface area contributed by atoms with E-state index in [0.717, 1.165) is 49.0 Å². The van der Waals surface area contributed by atoms with Crippen molar-refractivity contribution in [1.82, 2.24) is 9.80 Å². The maximum Gasteiger partial charge on any atom is 0.277 e. The van der Waals surface area contributed by atoms with Crippen LogP contribution in [0.4, 0.5) is 11.4 Å². The Kier molecular flexibility index (Phi) is 6.58. The van der Waals surface area contributed by atoms with Gasteiger partial charge in [-0.15, -0.1) is 0 Å². The molecule has 0 aromatic heterocycles. The quantitative estimate of drug-likeness (QED) is 0.526. The van der Waals surface area contributed by atoms with Gasteiger partial charge in [0.1, 0.15) is 5.75 Å². The molecule has 2 aromatic rings. The summed E-state index contributed by atoms with van der Waals surface area (Å²) in [6.45, 7) is 3.08. The lowest BCUT2D eigenvalue weighted by Crippen LogP contribution is -2.35. The fraction of sp³-hybridized carbons (Fsp3) is 0.350. The van der Waals surface area contributed by atoms with Crippen molar-refractivity contribution in [3.63, 3.8) is 0 Å². The number of hydrogen-bond acceptors (Lipinski definition) is 7. The molecule has 1 amide bonds. The van der Waals surface area contributed by atoms with E-state index in [0.29, 0.717) is 19.6 Å². The van der Waals surface area contributed by atoms with Gasteiger partial charge in [-0.05, 0) is 24.1 Å². The van der Waals surface area contributed by atoms with Crippen molar-refractivity contribution in [1.29, 1.82) is 0 Å². The second kappa shape index (κ2) is 9.31. The molecule has 2 aromatic carbocycles. The molecule has 1 fully saturated rings. The molecular formula is C20H22N4O6. The van der Waals surface area contributed by atoms with E-state index in [-0.39, 0.29) is 5.56 Å². The molecule has 10 heteroatoms. The van der Waals surface area contributed by atoms with Crippen LogP contribution in [-0.4, -0.2) is 58.8 Å². The van der Waals surface area contributed by atoms with E-state index in [1.165, 1.54) is 0 Å². The molecule has 0 bridgehead atoms. The highest BCUT2D eigenvalue weighted by atomic mass is 16.6. The maximum atomic E-state index is 12.9. The minimum absolute atomic E-state index is 0.0421. The molecule has 0 radical (unpaired) electrons. The lowest BCUT2D eigenvalue weighted by atomic mass is 10.1. The number of non-ortho nitro benzene ring substituents is 2. The van der Waals surface area contributed by atoms with Gasteiger partial charge in [-0.3, -0.25) is 29.9 Å². The van der Waals surface area contributed by atoms with E-state index < -0.39 is 27.1 Å². The largest absolute Gasteiger partial charge is 0.497 e. The molecular weight excluding hydrogens is 392 g/mol. The number of nitro groups is 2. The summed E-state index contributed by atoms with van der Waals surface area (Å²) in [5.74, 6) is 0.352. The van der Waals surface area contributed by atoms with Crippen LogP contribution in [0.2, 0.25) is 0 Å². The first-order valence-corrected chi connectivity index (χ1v) is 9.46. The zero-order valence-electron chi connectivity index (χ0n) is 16.5. The summed E-state index contributed by atoms with van der Waals surface area (Å²) in [5, 5.41) is 22.2. The Morgan fingerprint density at radius 1 is 0.967 bits per heavy atom. The van der Waals surface area contributed by atoms with Crippen LogP contribution in [0.1, 0.15) is 22.3 Å². The van der Waals surface area contributed by atoms with Crippen molar-refractivity contribution in [3.05, 3.63) is 73.8 Å². The van der Waals surface area contributed by atoms with Gasteiger partial charge in [0.25, 0.3) is 17.3 Å². The number of nitrogens with zero attached hydrogens (tertiary/aromatic N) is 4. The van der Waals surface area contributed by atoms with Crippen molar-refractivity contribution in [2.24, 2.45) is 0 Å². The molecule has 0 N–H and O–H groups in total. The van der Waals surface area contributed by atoms with Crippen molar-refractivity contribution in [2.75, 3.05) is 33.3 Å². The number of hydrogen-bond donors (Lipinski definition) is 0. The van der Waals surface area contributed by atoms with Crippen LogP contribution < -0.4 is 4.74 Å². The molecule has 10 nitrogen and oxygen atoms in total. The minimum Gasteiger partial charge on any atom is -0.497 e. The van der Waals surface area contributed by atoms with Gasteiger partial charge < -0.3 is 9.64 Å². The fourth-order valence-corrected chi connectivity index (χ4v) is 3.43. The van der Waals surface area contributed by atoms with E-state index in [9.17, 15) is 25.0 Å². The monoisotopic (exact) mass is 414 g/mol. The van der Waals surface area contributed by atoms with Crippen LogP contribution in [0, 0.1) is 20.2 Å². The predicted molar refractivity (Wildman–Crippen MR) is 109 cm³/mol. The van der Waals surface area contributed by atoms with Gasteiger partial charge in [0.15, 0.2) is 0 Å². The molecule has 1 heterocycles. The van der Waals surface area contributed by atoms with E-state index >= 15 is 0 Å². The van der Waals surface area contributed by atoms with E-state index in [4.69, 9.17) is 4.74 Å². The smallest absolute Gasteiger partial charge is 0.277 e. The third-order valence-corrected chi connectivity index (χ3v) is 5.01. The highest BCUT2D eigenvalue weighted by Crippen LogP contribution is 2.24. The van der Waals surface area contributed by atoms with Gasteiger partial charge in [0.05, 0.1) is 28.6 Å². The number of rotatable bonds is 6. The molecule has 1 aliphatic heterocycles. The summed E-state index contributed by atoms with van der Waals surface area (Å²) in [6, 6.07) is 10.8. The lowest BCUT2D eigenvalue weighted by molar-refractivity contribution is -0.394. The molecule has 1 aliphatic rings. The summed E-state index contributed by atoms with van der Waals surface area (Å²) in [6.07, 6.45) is 0.735. The number of amides is 1. The molecule has 0 aliphatic carbocycles. The molecule has 0 atom stereocenters. The molecule has 0 spiro atoms.